The Balaban J connectivity index is 2.23. The molecular formula is C14H10ClN5. The van der Waals surface area contributed by atoms with E-state index >= 15 is 0 Å². The maximum Gasteiger partial charge on any atom is 0.163 e. The third-order valence-corrected chi connectivity index (χ3v) is 3.73. The molecular weight excluding hydrogens is 274 g/mol. The van der Waals surface area contributed by atoms with E-state index in [-0.39, 0.29) is 0 Å². The maximum atomic E-state index is 9.38. The number of halogens is 1. The van der Waals surface area contributed by atoms with Gasteiger partial charge in [-0.05, 0) is 31.9 Å². The third-order valence-electron chi connectivity index (χ3n) is 3.52. The molecule has 5 nitrogen and oxygen atoms in total. The predicted octanol–water partition coefficient (Wildman–Crippen LogP) is 2.66. The summed E-state index contributed by atoms with van der Waals surface area (Å²) in [5.41, 5.74) is 1.43. The van der Waals surface area contributed by atoms with Crippen LogP contribution in [0.3, 0.4) is 0 Å². The fourth-order valence-electron chi connectivity index (χ4n) is 2.27. The van der Waals surface area contributed by atoms with E-state index in [2.05, 4.69) is 16.2 Å². The number of hydrogen-bond acceptors (Lipinski definition) is 4. The summed E-state index contributed by atoms with van der Waals surface area (Å²) in [5, 5.41) is 22.9. The summed E-state index contributed by atoms with van der Waals surface area (Å²) >= 11 is 5.97. The first-order chi connectivity index (χ1) is 9.59. The van der Waals surface area contributed by atoms with E-state index in [1.807, 2.05) is 19.1 Å². The highest BCUT2D eigenvalue weighted by atomic mass is 35.5. The molecule has 0 aromatic carbocycles. The molecule has 1 saturated carbocycles. The third kappa shape index (κ3) is 1.84. The monoisotopic (exact) mass is 283 g/mol. The zero-order valence-electron chi connectivity index (χ0n) is 10.8. The van der Waals surface area contributed by atoms with Crippen LogP contribution in [0.25, 0.3) is 5.82 Å². The molecule has 6 heteroatoms. The molecule has 0 N–H and O–H groups in total. The maximum absolute atomic E-state index is 9.38. The normalized spacial score (nSPS) is 15.4. The van der Waals surface area contributed by atoms with Crippen LogP contribution in [0, 0.1) is 29.6 Å². The minimum absolute atomic E-state index is 0.317. The molecule has 0 unspecified atom stereocenters. The largest absolute Gasteiger partial charge is 0.218 e. The fraction of sp³-hybridized carbons (Fsp3) is 0.286. The van der Waals surface area contributed by atoms with Crippen LogP contribution in [0.2, 0.25) is 5.15 Å². The lowest BCUT2D eigenvalue weighted by molar-refractivity contribution is 0.772. The van der Waals surface area contributed by atoms with Crippen LogP contribution in [-0.2, 0) is 5.41 Å². The first-order valence-electron chi connectivity index (χ1n) is 6.15. The van der Waals surface area contributed by atoms with E-state index in [0.717, 1.165) is 24.1 Å². The molecule has 0 atom stereocenters. The average Bonchev–Trinajstić information content (AvgIpc) is 3.15. The lowest BCUT2D eigenvalue weighted by Gasteiger charge is -2.13. The van der Waals surface area contributed by atoms with Crippen LogP contribution in [0.15, 0.2) is 18.2 Å². The second-order valence-corrected chi connectivity index (χ2v) is 5.28. The van der Waals surface area contributed by atoms with Gasteiger partial charge in [0.05, 0.1) is 11.5 Å². The minimum Gasteiger partial charge on any atom is -0.218 e. The van der Waals surface area contributed by atoms with Gasteiger partial charge in [-0.3, -0.25) is 0 Å². The molecule has 1 fully saturated rings. The summed E-state index contributed by atoms with van der Waals surface area (Å²) in [7, 11) is 0. The summed E-state index contributed by atoms with van der Waals surface area (Å²) in [6, 6.07) is 9.54. The van der Waals surface area contributed by atoms with E-state index in [9.17, 15) is 5.26 Å². The number of aromatic nitrogens is 3. The lowest BCUT2D eigenvalue weighted by Crippen LogP contribution is -2.13. The molecule has 0 bridgehead atoms. The zero-order valence-corrected chi connectivity index (χ0v) is 11.5. The topological polar surface area (TPSA) is 78.3 Å². The smallest absolute Gasteiger partial charge is 0.163 e. The van der Waals surface area contributed by atoms with Crippen LogP contribution in [0.4, 0.5) is 0 Å². The Morgan fingerprint density at radius 1 is 1.35 bits per heavy atom. The predicted molar refractivity (Wildman–Crippen MR) is 72.3 cm³/mol. The first kappa shape index (κ1) is 12.7. The highest BCUT2D eigenvalue weighted by Crippen LogP contribution is 2.49. The number of aryl methyl sites for hydroxylation is 1. The Bertz CT molecular complexity index is 774. The SMILES string of the molecule is Cc1cc(C#N)nn1-c1nc(Cl)ccc1C1(C#N)CC1. The van der Waals surface area contributed by atoms with Crippen molar-refractivity contribution in [3.05, 3.63) is 40.3 Å². The van der Waals surface area contributed by atoms with Gasteiger partial charge in [-0.1, -0.05) is 17.7 Å². The minimum atomic E-state index is -0.488. The number of hydrogen-bond donors (Lipinski definition) is 0. The molecule has 3 rings (SSSR count). The molecule has 20 heavy (non-hydrogen) atoms. The lowest BCUT2D eigenvalue weighted by atomic mass is 9.98. The van der Waals surface area contributed by atoms with Crippen LogP contribution in [0.5, 0.6) is 0 Å². The van der Waals surface area contributed by atoms with Crippen molar-refractivity contribution in [1.82, 2.24) is 14.8 Å². The van der Waals surface area contributed by atoms with Crippen molar-refractivity contribution in [3.8, 4) is 18.0 Å². The van der Waals surface area contributed by atoms with Crippen LogP contribution < -0.4 is 0 Å². The second-order valence-electron chi connectivity index (χ2n) is 4.89. The van der Waals surface area contributed by atoms with E-state index in [0.29, 0.717) is 16.7 Å². The quantitative estimate of drug-likeness (QED) is 0.794. The highest BCUT2D eigenvalue weighted by Gasteiger charge is 2.47. The molecule has 0 spiro atoms. The molecule has 2 aromatic rings. The molecule has 0 aliphatic heterocycles. The van der Waals surface area contributed by atoms with Gasteiger partial charge in [0.1, 0.15) is 11.2 Å². The van der Waals surface area contributed by atoms with Crippen molar-refractivity contribution in [1.29, 1.82) is 10.5 Å². The fourth-order valence-corrected chi connectivity index (χ4v) is 2.41. The molecule has 1 aliphatic carbocycles. The highest BCUT2D eigenvalue weighted by molar-refractivity contribution is 6.29. The van der Waals surface area contributed by atoms with E-state index in [4.69, 9.17) is 16.9 Å². The van der Waals surface area contributed by atoms with Gasteiger partial charge in [0.15, 0.2) is 11.5 Å². The Morgan fingerprint density at radius 2 is 2.10 bits per heavy atom. The molecule has 98 valence electrons. The van der Waals surface area contributed by atoms with Gasteiger partial charge < -0.3 is 0 Å². The Kier molecular flexibility index (Phi) is 2.74. The Hall–Kier alpha value is -2.37. The summed E-state index contributed by atoms with van der Waals surface area (Å²) in [6.07, 6.45) is 1.62. The summed E-state index contributed by atoms with van der Waals surface area (Å²) in [4.78, 5) is 4.31. The molecule has 0 radical (unpaired) electrons. The van der Waals surface area contributed by atoms with Crippen molar-refractivity contribution in [2.24, 2.45) is 0 Å². The van der Waals surface area contributed by atoms with E-state index in [1.165, 1.54) is 0 Å². The first-order valence-corrected chi connectivity index (χ1v) is 6.53. The summed E-state index contributed by atoms with van der Waals surface area (Å²) in [6.45, 7) is 1.84. The molecule has 2 heterocycles. The van der Waals surface area contributed by atoms with Gasteiger partial charge in [0.25, 0.3) is 0 Å². The van der Waals surface area contributed by atoms with Gasteiger partial charge in [-0.25, -0.2) is 9.67 Å². The number of nitriles is 2. The number of nitrogens with zero attached hydrogens (tertiary/aromatic N) is 5. The van der Waals surface area contributed by atoms with Crippen molar-refractivity contribution in [2.45, 2.75) is 25.2 Å². The van der Waals surface area contributed by atoms with E-state index in [1.54, 1.807) is 16.8 Å². The van der Waals surface area contributed by atoms with Crippen molar-refractivity contribution >= 4 is 11.6 Å². The molecule has 2 aromatic heterocycles. The van der Waals surface area contributed by atoms with Crippen molar-refractivity contribution in [3.63, 3.8) is 0 Å². The Labute approximate surface area is 121 Å². The summed E-state index contributed by atoms with van der Waals surface area (Å²) in [5.74, 6) is 0.538. The van der Waals surface area contributed by atoms with Gasteiger partial charge in [-0.2, -0.15) is 15.6 Å². The average molecular weight is 284 g/mol. The van der Waals surface area contributed by atoms with Gasteiger partial charge >= 0.3 is 0 Å². The van der Waals surface area contributed by atoms with Crippen molar-refractivity contribution in [2.75, 3.05) is 0 Å². The second kappa shape index (κ2) is 4.33. The number of rotatable bonds is 2. The van der Waals surface area contributed by atoms with Crippen LogP contribution in [-0.4, -0.2) is 14.8 Å². The molecule has 0 amide bonds. The number of pyridine rings is 1. The van der Waals surface area contributed by atoms with E-state index < -0.39 is 5.41 Å². The van der Waals surface area contributed by atoms with Gasteiger partial charge in [-0.15, -0.1) is 0 Å². The van der Waals surface area contributed by atoms with Gasteiger partial charge in [0.2, 0.25) is 0 Å². The Morgan fingerprint density at radius 3 is 2.65 bits per heavy atom. The summed E-state index contributed by atoms with van der Waals surface area (Å²) < 4.78 is 1.58. The molecule has 0 saturated heterocycles. The molecule has 1 aliphatic rings. The van der Waals surface area contributed by atoms with Crippen LogP contribution in [0.1, 0.15) is 29.8 Å². The zero-order chi connectivity index (χ0) is 14.3. The van der Waals surface area contributed by atoms with Crippen LogP contribution >= 0.6 is 11.6 Å². The van der Waals surface area contributed by atoms with Crippen molar-refractivity contribution < 1.29 is 0 Å². The van der Waals surface area contributed by atoms with Gasteiger partial charge in [0, 0.05) is 11.3 Å². The standard InChI is InChI=1S/C14H10ClN5/c1-9-6-10(7-16)19-20(9)13-11(2-3-12(15)18-13)14(8-17)4-5-14/h2-3,6H,4-5H2,1H3.